The van der Waals surface area contributed by atoms with E-state index in [0.29, 0.717) is 20.9 Å². The number of benzene rings is 1. The zero-order valence-electron chi connectivity index (χ0n) is 19.4. The highest BCUT2D eigenvalue weighted by molar-refractivity contribution is 9.10. The average Bonchev–Trinajstić information content (AvgIpc) is 3.46. The molecule has 1 aromatic heterocycles. The second-order valence-electron chi connectivity index (χ2n) is 8.22. The SMILES string of the molecule is CCOC(=O)C1=C(CN2CC(F)(F)C[C@H]2C(=O)NC)NC(c2nccs2)=NC1c1ccc(F)cc1Br. The molecule has 8 nitrogen and oxygen atoms in total. The largest absolute Gasteiger partial charge is 0.463 e. The van der Waals surface area contributed by atoms with E-state index in [0.717, 1.165) is 0 Å². The molecule has 36 heavy (non-hydrogen) atoms. The maximum atomic E-state index is 14.4. The molecule has 0 aliphatic carbocycles. The topological polar surface area (TPSA) is 95.9 Å². The summed E-state index contributed by atoms with van der Waals surface area (Å²) in [6, 6.07) is 1.94. The number of carbonyl (C=O) groups excluding carboxylic acids is 2. The molecular formula is C23H23BrF3N5O3S. The van der Waals surface area contributed by atoms with E-state index in [9.17, 15) is 22.8 Å². The first kappa shape index (κ1) is 26.3. The van der Waals surface area contributed by atoms with Gasteiger partial charge in [-0.3, -0.25) is 14.7 Å². The number of nitrogens with zero attached hydrogens (tertiary/aromatic N) is 3. The minimum absolute atomic E-state index is 0.0681. The molecular weight excluding hydrogens is 563 g/mol. The zero-order chi connectivity index (χ0) is 26.0. The third-order valence-electron chi connectivity index (χ3n) is 5.79. The minimum atomic E-state index is -3.08. The van der Waals surface area contributed by atoms with Crippen molar-refractivity contribution in [2.75, 3.05) is 26.7 Å². The molecule has 2 aliphatic rings. The summed E-state index contributed by atoms with van der Waals surface area (Å²) in [5.41, 5.74) is 0.805. The summed E-state index contributed by atoms with van der Waals surface area (Å²) in [5.74, 6) is -4.50. The van der Waals surface area contributed by atoms with E-state index >= 15 is 0 Å². The van der Waals surface area contributed by atoms with Gasteiger partial charge in [0.15, 0.2) is 10.8 Å². The minimum Gasteiger partial charge on any atom is -0.463 e. The predicted molar refractivity (Wildman–Crippen MR) is 131 cm³/mol. The molecule has 2 atom stereocenters. The van der Waals surface area contributed by atoms with Crippen molar-refractivity contribution in [1.82, 2.24) is 20.5 Å². The quantitative estimate of drug-likeness (QED) is 0.483. The number of likely N-dealkylation sites (N-methyl/N-ethyl adjacent to an activating group) is 1. The second kappa shape index (κ2) is 10.7. The van der Waals surface area contributed by atoms with Crippen molar-refractivity contribution >= 4 is 45.0 Å². The van der Waals surface area contributed by atoms with Gasteiger partial charge in [0.1, 0.15) is 11.9 Å². The van der Waals surface area contributed by atoms with E-state index in [1.807, 2.05) is 0 Å². The molecule has 4 rings (SSSR count). The molecule has 1 fully saturated rings. The number of halogens is 4. The number of ether oxygens (including phenoxy) is 1. The number of hydrogen-bond acceptors (Lipinski definition) is 8. The third-order valence-corrected chi connectivity index (χ3v) is 7.26. The van der Waals surface area contributed by atoms with Crippen LogP contribution < -0.4 is 10.6 Å². The molecule has 1 saturated heterocycles. The Morgan fingerprint density at radius 2 is 2.17 bits per heavy atom. The van der Waals surface area contributed by atoms with Crippen molar-refractivity contribution in [2.24, 2.45) is 4.99 Å². The van der Waals surface area contributed by atoms with Gasteiger partial charge in [-0.2, -0.15) is 0 Å². The van der Waals surface area contributed by atoms with Crippen molar-refractivity contribution in [3.63, 3.8) is 0 Å². The lowest BCUT2D eigenvalue weighted by Gasteiger charge is -2.31. The van der Waals surface area contributed by atoms with Gasteiger partial charge in [-0.05, 0) is 24.6 Å². The monoisotopic (exact) mass is 585 g/mol. The van der Waals surface area contributed by atoms with Gasteiger partial charge in [-0.15, -0.1) is 11.3 Å². The summed E-state index contributed by atoms with van der Waals surface area (Å²) in [6.45, 7) is 0.866. The van der Waals surface area contributed by atoms with E-state index in [4.69, 9.17) is 4.74 Å². The van der Waals surface area contributed by atoms with Gasteiger partial charge in [0.2, 0.25) is 5.91 Å². The number of aliphatic imine (C=N–C) groups is 1. The van der Waals surface area contributed by atoms with Crippen LogP contribution in [0.15, 0.2) is 50.5 Å². The highest BCUT2D eigenvalue weighted by Gasteiger charge is 2.48. The van der Waals surface area contributed by atoms with Crippen LogP contribution in [0, 0.1) is 5.82 Å². The predicted octanol–water partition coefficient (Wildman–Crippen LogP) is 3.41. The standard InChI is InChI=1S/C23H23BrF3N5O3S/c1-3-35-22(34)17-15(10-32-11-23(26,27)9-16(32)20(33)28-2)30-19(21-29-6-7-36-21)31-18(17)13-5-4-12(25)8-14(13)24/h4-8,16,18H,3,9-11H2,1-2H3,(H,28,33)(H,30,31)/t16-,18?/m0/s1. The van der Waals surface area contributed by atoms with Crippen LogP contribution in [0.1, 0.15) is 30.0 Å². The van der Waals surface area contributed by atoms with Gasteiger partial charge in [0, 0.05) is 41.8 Å². The van der Waals surface area contributed by atoms with E-state index in [-0.39, 0.29) is 24.4 Å². The van der Waals surface area contributed by atoms with Crippen LogP contribution in [0.4, 0.5) is 13.2 Å². The molecule has 2 N–H and O–H groups in total. The van der Waals surface area contributed by atoms with Crippen LogP contribution in [0.2, 0.25) is 0 Å². The normalized spacial score (nSPS) is 21.7. The summed E-state index contributed by atoms with van der Waals surface area (Å²) < 4.78 is 48.3. The highest BCUT2D eigenvalue weighted by Crippen LogP contribution is 2.38. The van der Waals surface area contributed by atoms with Crippen LogP contribution in [0.5, 0.6) is 0 Å². The lowest BCUT2D eigenvalue weighted by Crippen LogP contribution is -2.46. The van der Waals surface area contributed by atoms with Crippen LogP contribution in [-0.4, -0.2) is 66.3 Å². The van der Waals surface area contributed by atoms with Crippen molar-refractivity contribution in [1.29, 1.82) is 0 Å². The fraction of sp³-hybridized carbons (Fsp3) is 0.391. The van der Waals surface area contributed by atoms with Crippen molar-refractivity contribution in [3.05, 3.63) is 61.9 Å². The smallest absolute Gasteiger partial charge is 0.338 e. The Hall–Kier alpha value is -2.77. The molecule has 1 unspecified atom stereocenters. The lowest BCUT2D eigenvalue weighted by atomic mass is 9.95. The highest BCUT2D eigenvalue weighted by atomic mass is 79.9. The Kier molecular flexibility index (Phi) is 7.81. The van der Waals surface area contributed by atoms with Gasteiger partial charge < -0.3 is 15.4 Å². The van der Waals surface area contributed by atoms with E-state index in [1.54, 1.807) is 18.5 Å². The van der Waals surface area contributed by atoms with Crippen LogP contribution >= 0.6 is 27.3 Å². The number of amidine groups is 1. The van der Waals surface area contributed by atoms with Crippen LogP contribution in [0.25, 0.3) is 0 Å². The van der Waals surface area contributed by atoms with Gasteiger partial charge in [0.05, 0.1) is 24.8 Å². The number of alkyl halides is 2. The lowest BCUT2D eigenvalue weighted by molar-refractivity contribution is -0.139. The van der Waals surface area contributed by atoms with E-state index in [2.05, 4.69) is 36.5 Å². The van der Waals surface area contributed by atoms with Crippen molar-refractivity contribution < 1.29 is 27.5 Å². The number of carbonyl (C=O) groups is 2. The Morgan fingerprint density at radius 3 is 2.81 bits per heavy atom. The fourth-order valence-electron chi connectivity index (χ4n) is 4.25. The van der Waals surface area contributed by atoms with Gasteiger partial charge >= 0.3 is 5.97 Å². The fourth-order valence-corrected chi connectivity index (χ4v) is 5.40. The number of hydrogen-bond donors (Lipinski definition) is 2. The van der Waals surface area contributed by atoms with E-state index < -0.39 is 48.7 Å². The molecule has 0 spiro atoms. The number of aromatic nitrogens is 1. The molecule has 3 heterocycles. The number of amides is 1. The van der Waals surface area contributed by atoms with Crippen LogP contribution in [0.3, 0.4) is 0 Å². The molecule has 0 radical (unpaired) electrons. The first-order chi connectivity index (χ1) is 17.1. The summed E-state index contributed by atoms with van der Waals surface area (Å²) in [4.78, 5) is 35.9. The van der Waals surface area contributed by atoms with E-state index in [1.165, 1.54) is 41.5 Å². The van der Waals surface area contributed by atoms with Crippen LogP contribution in [-0.2, 0) is 14.3 Å². The molecule has 1 amide bonds. The molecule has 2 aliphatic heterocycles. The molecule has 2 aromatic rings. The maximum absolute atomic E-state index is 14.4. The van der Waals surface area contributed by atoms with Crippen molar-refractivity contribution in [3.8, 4) is 0 Å². The first-order valence-electron chi connectivity index (χ1n) is 11.1. The maximum Gasteiger partial charge on any atom is 0.338 e. The average molecular weight is 586 g/mol. The zero-order valence-corrected chi connectivity index (χ0v) is 21.8. The number of esters is 1. The third kappa shape index (κ3) is 5.47. The second-order valence-corrected chi connectivity index (χ2v) is 9.97. The Morgan fingerprint density at radius 1 is 1.39 bits per heavy atom. The summed E-state index contributed by atoms with van der Waals surface area (Å²) >= 11 is 4.64. The molecule has 192 valence electrons. The summed E-state index contributed by atoms with van der Waals surface area (Å²) in [7, 11) is 1.38. The van der Waals surface area contributed by atoms with Gasteiger partial charge in [-0.1, -0.05) is 22.0 Å². The Balaban J connectivity index is 1.84. The Bertz CT molecular complexity index is 1220. The van der Waals surface area contributed by atoms with Gasteiger partial charge in [0.25, 0.3) is 5.92 Å². The Labute approximate surface area is 217 Å². The number of likely N-dealkylation sites (tertiary alicyclic amines) is 1. The van der Waals surface area contributed by atoms with Crippen molar-refractivity contribution in [2.45, 2.75) is 31.4 Å². The first-order valence-corrected chi connectivity index (χ1v) is 12.7. The van der Waals surface area contributed by atoms with Gasteiger partial charge in [-0.25, -0.2) is 22.9 Å². The summed E-state index contributed by atoms with van der Waals surface area (Å²) in [6.07, 6.45) is 0.939. The molecule has 1 aromatic carbocycles. The molecule has 0 saturated carbocycles. The molecule has 0 bridgehead atoms. The summed E-state index contributed by atoms with van der Waals surface area (Å²) in [5, 5.41) is 7.76. The number of rotatable bonds is 7. The number of thiazole rings is 1. The number of nitrogens with one attached hydrogen (secondary N) is 2. The molecule has 13 heteroatoms.